The van der Waals surface area contributed by atoms with E-state index < -0.39 is 0 Å². The van der Waals surface area contributed by atoms with E-state index in [2.05, 4.69) is 33.0 Å². The Morgan fingerprint density at radius 2 is 2.50 bits per heavy atom. The van der Waals surface area contributed by atoms with Crippen LogP contribution in [0.5, 0.6) is 0 Å². The van der Waals surface area contributed by atoms with E-state index in [4.69, 9.17) is 0 Å². The minimum Gasteiger partial charge on any atom is -0.312 e. The van der Waals surface area contributed by atoms with Crippen LogP contribution in [0.1, 0.15) is 6.92 Å². The SMILES string of the molecule is C[C@H]1CN(CC(=O)NNc2ccccn2)CCN1. The third-order valence-electron chi connectivity index (χ3n) is 2.81. The highest BCUT2D eigenvalue weighted by molar-refractivity contribution is 5.79. The number of hydrazine groups is 1. The Morgan fingerprint density at radius 1 is 1.61 bits per heavy atom. The van der Waals surface area contributed by atoms with E-state index in [0.29, 0.717) is 18.4 Å². The molecule has 0 spiro atoms. The molecule has 2 heterocycles. The third-order valence-corrected chi connectivity index (χ3v) is 2.81. The summed E-state index contributed by atoms with van der Waals surface area (Å²) >= 11 is 0. The summed E-state index contributed by atoms with van der Waals surface area (Å²) in [6.07, 6.45) is 1.67. The molecule has 6 heteroatoms. The molecule has 1 aliphatic heterocycles. The van der Waals surface area contributed by atoms with Crippen molar-refractivity contribution in [2.75, 3.05) is 31.6 Å². The number of nitrogens with one attached hydrogen (secondary N) is 3. The average Bonchev–Trinajstić information content (AvgIpc) is 2.38. The first-order valence-corrected chi connectivity index (χ1v) is 6.15. The van der Waals surface area contributed by atoms with Crippen molar-refractivity contribution in [3.8, 4) is 0 Å². The summed E-state index contributed by atoms with van der Waals surface area (Å²) in [7, 11) is 0. The second kappa shape index (κ2) is 6.32. The van der Waals surface area contributed by atoms with Gasteiger partial charge in [0.05, 0.1) is 6.54 Å². The molecule has 6 nitrogen and oxygen atoms in total. The van der Waals surface area contributed by atoms with Crippen molar-refractivity contribution in [2.24, 2.45) is 0 Å². The van der Waals surface area contributed by atoms with Gasteiger partial charge in [-0.05, 0) is 19.1 Å². The van der Waals surface area contributed by atoms with Crippen molar-refractivity contribution >= 4 is 11.7 Å². The molecule has 18 heavy (non-hydrogen) atoms. The Kier molecular flexibility index (Phi) is 4.49. The number of carbonyl (C=O) groups excluding carboxylic acids is 1. The van der Waals surface area contributed by atoms with Gasteiger partial charge in [-0.25, -0.2) is 4.98 Å². The van der Waals surface area contributed by atoms with Crippen molar-refractivity contribution in [3.63, 3.8) is 0 Å². The molecule has 0 bridgehead atoms. The van der Waals surface area contributed by atoms with Crippen molar-refractivity contribution in [1.29, 1.82) is 0 Å². The lowest BCUT2D eigenvalue weighted by Crippen LogP contribution is -2.52. The summed E-state index contributed by atoms with van der Waals surface area (Å²) in [5.74, 6) is 0.592. The Bertz CT molecular complexity index is 383. The molecule has 1 atom stereocenters. The van der Waals surface area contributed by atoms with E-state index in [-0.39, 0.29) is 5.91 Å². The first-order chi connectivity index (χ1) is 8.74. The lowest BCUT2D eigenvalue weighted by Gasteiger charge is -2.31. The minimum atomic E-state index is -0.0465. The molecular formula is C12H19N5O. The molecule has 0 aliphatic carbocycles. The lowest BCUT2D eigenvalue weighted by molar-refractivity contribution is -0.122. The van der Waals surface area contributed by atoms with Crippen molar-refractivity contribution in [3.05, 3.63) is 24.4 Å². The Labute approximate surface area is 107 Å². The average molecular weight is 249 g/mol. The largest absolute Gasteiger partial charge is 0.312 e. The molecule has 1 aromatic rings. The molecule has 0 radical (unpaired) electrons. The van der Waals surface area contributed by atoms with Gasteiger partial charge in [-0.3, -0.25) is 20.5 Å². The molecule has 1 aromatic heterocycles. The number of piperazine rings is 1. The molecule has 3 N–H and O–H groups in total. The van der Waals surface area contributed by atoms with Gasteiger partial charge >= 0.3 is 0 Å². The number of hydrogen-bond acceptors (Lipinski definition) is 5. The fraction of sp³-hybridized carbons (Fsp3) is 0.500. The zero-order valence-electron chi connectivity index (χ0n) is 10.5. The van der Waals surface area contributed by atoms with Crippen LogP contribution in [0.4, 0.5) is 5.82 Å². The van der Waals surface area contributed by atoms with Gasteiger partial charge in [0.25, 0.3) is 5.91 Å². The fourth-order valence-corrected chi connectivity index (χ4v) is 1.97. The smallest absolute Gasteiger partial charge is 0.252 e. The van der Waals surface area contributed by atoms with Crippen LogP contribution < -0.4 is 16.2 Å². The molecule has 1 amide bonds. The Hall–Kier alpha value is -1.66. The van der Waals surface area contributed by atoms with Gasteiger partial charge in [-0.2, -0.15) is 0 Å². The molecule has 2 rings (SSSR count). The predicted octanol–water partition coefficient (Wildman–Crippen LogP) is -0.182. The first-order valence-electron chi connectivity index (χ1n) is 6.15. The molecule has 1 aliphatic rings. The van der Waals surface area contributed by atoms with Gasteiger partial charge in [0, 0.05) is 31.9 Å². The van der Waals surface area contributed by atoms with Gasteiger partial charge in [-0.15, -0.1) is 0 Å². The summed E-state index contributed by atoms with van der Waals surface area (Å²) in [5.41, 5.74) is 5.44. The normalized spacial score (nSPS) is 20.4. The number of aromatic nitrogens is 1. The van der Waals surface area contributed by atoms with Crippen LogP contribution in [0, 0.1) is 0 Å². The number of amides is 1. The highest BCUT2D eigenvalue weighted by atomic mass is 16.2. The van der Waals surface area contributed by atoms with E-state index in [1.807, 2.05) is 12.1 Å². The van der Waals surface area contributed by atoms with E-state index in [1.54, 1.807) is 12.3 Å². The van der Waals surface area contributed by atoms with Crippen LogP contribution in [0.2, 0.25) is 0 Å². The van der Waals surface area contributed by atoms with Gasteiger partial charge in [0.15, 0.2) is 0 Å². The number of nitrogens with zero attached hydrogens (tertiary/aromatic N) is 2. The number of carbonyl (C=O) groups is 1. The highest BCUT2D eigenvalue weighted by Crippen LogP contribution is 1.99. The van der Waals surface area contributed by atoms with Crippen LogP contribution in [0.3, 0.4) is 0 Å². The second-order valence-electron chi connectivity index (χ2n) is 4.48. The molecule has 0 unspecified atom stereocenters. The zero-order valence-corrected chi connectivity index (χ0v) is 10.5. The van der Waals surface area contributed by atoms with Gasteiger partial charge in [0.1, 0.15) is 5.82 Å². The van der Waals surface area contributed by atoms with Crippen LogP contribution in [0.25, 0.3) is 0 Å². The minimum absolute atomic E-state index is 0.0465. The van der Waals surface area contributed by atoms with Crippen LogP contribution >= 0.6 is 0 Å². The van der Waals surface area contributed by atoms with E-state index >= 15 is 0 Å². The Morgan fingerprint density at radius 3 is 3.22 bits per heavy atom. The summed E-state index contributed by atoms with van der Waals surface area (Å²) < 4.78 is 0. The van der Waals surface area contributed by atoms with E-state index in [1.165, 1.54) is 0 Å². The van der Waals surface area contributed by atoms with Crippen LogP contribution in [-0.4, -0.2) is 48.0 Å². The zero-order chi connectivity index (χ0) is 12.8. The second-order valence-corrected chi connectivity index (χ2v) is 4.48. The topological polar surface area (TPSA) is 69.3 Å². The number of pyridine rings is 1. The molecule has 98 valence electrons. The number of hydrogen-bond donors (Lipinski definition) is 3. The molecule has 0 aromatic carbocycles. The van der Waals surface area contributed by atoms with Gasteiger partial charge in [0.2, 0.25) is 0 Å². The van der Waals surface area contributed by atoms with E-state index in [9.17, 15) is 4.79 Å². The summed E-state index contributed by atoms with van der Waals surface area (Å²) in [6, 6.07) is 5.93. The maximum Gasteiger partial charge on any atom is 0.252 e. The maximum atomic E-state index is 11.7. The first kappa shape index (κ1) is 12.8. The lowest BCUT2D eigenvalue weighted by atomic mass is 10.2. The van der Waals surface area contributed by atoms with Crippen molar-refractivity contribution in [1.82, 2.24) is 20.6 Å². The van der Waals surface area contributed by atoms with Gasteiger partial charge in [-0.1, -0.05) is 6.07 Å². The standard InChI is InChI=1S/C12H19N5O/c1-10-8-17(7-6-13-10)9-12(18)16-15-11-4-2-3-5-14-11/h2-5,10,13H,6-9H2,1H3,(H,14,15)(H,16,18)/t10-/m0/s1. The monoisotopic (exact) mass is 249 g/mol. The summed E-state index contributed by atoms with van der Waals surface area (Å²) in [5, 5.41) is 3.34. The number of anilines is 1. The van der Waals surface area contributed by atoms with Crippen LogP contribution in [0.15, 0.2) is 24.4 Å². The van der Waals surface area contributed by atoms with Crippen molar-refractivity contribution in [2.45, 2.75) is 13.0 Å². The maximum absolute atomic E-state index is 11.7. The molecule has 0 saturated carbocycles. The highest BCUT2D eigenvalue weighted by Gasteiger charge is 2.17. The Balaban J connectivity index is 1.72. The van der Waals surface area contributed by atoms with E-state index in [0.717, 1.165) is 19.6 Å². The predicted molar refractivity (Wildman–Crippen MR) is 69.9 cm³/mol. The summed E-state index contributed by atoms with van der Waals surface area (Å²) in [4.78, 5) is 17.9. The quantitative estimate of drug-likeness (QED) is 0.646. The fourth-order valence-electron chi connectivity index (χ4n) is 1.97. The summed E-state index contributed by atoms with van der Waals surface area (Å²) in [6.45, 7) is 5.27. The molecule has 1 saturated heterocycles. The van der Waals surface area contributed by atoms with Crippen LogP contribution in [-0.2, 0) is 4.79 Å². The van der Waals surface area contributed by atoms with Crippen molar-refractivity contribution < 1.29 is 4.79 Å². The van der Waals surface area contributed by atoms with Gasteiger partial charge < -0.3 is 5.32 Å². The molecular weight excluding hydrogens is 230 g/mol. The number of rotatable bonds is 4. The third kappa shape index (κ3) is 3.97. The molecule has 1 fully saturated rings.